The van der Waals surface area contributed by atoms with Gasteiger partial charge in [0, 0.05) is 64.9 Å². The molecule has 0 spiro atoms. The van der Waals surface area contributed by atoms with Crippen molar-refractivity contribution in [3.63, 3.8) is 0 Å². The largest absolute Gasteiger partial charge is 0.376 e. The summed E-state index contributed by atoms with van der Waals surface area (Å²) in [7, 11) is 0. The monoisotopic (exact) mass is 911 g/mol. The van der Waals surface area contributed by atoms with Crippen molar-refractivity contribution < 1.29 is 0 Å². The van der Waals surface area contributed by atoms with Gasteiger partial charge in [-0.1, -0.05) is 151 Å². The average Bonchev–Trinajstić information content (AvgIpc) is 3.82. The van der Waals surface area contributed by atoms with E-state index in [0.717, 1.165) is 0 Å². The van der Waals surface area contributed by atoms with Gasteiger partial charge in [-0.15, -0.1) is 11.3 Å². The third kappa shape index (κ3) is 5.32. The highest BCUT2D eigenvalue weighted by atomic mass is 32.1. The molecule has 6 aromatic carbocycles. The minimum Gasteiger partial charge on any atom is -0.376 e. The Kier molecular flexibility index (Phi) is 8.35. The standard InChI is InChI=1S/C64H71BN2S/c1-36-28-45-46(61(10,11)27-26-60(45,8)9)35-50(36)67-51-33-42-41-29-37(58(2,3)4)22-23-52(41)68-53(42)34-40(51)43-32-47-54(39-20-16-17-21-44(39)62(47,12)13)57-55(43)65(67)49-31-38(59(5,6)7)30-48-56(49)66(57)64(15)25-19-18-24-63(48,64)14/h16-17,20-23,28-35H,18-19,24-27H2,1-15H3. The molecule has 3 aliphatic carbocycles. The minimum absolute atomic E-state index is 0.00531. The molecule has 0 saturated heterocycles. The fourth-order valence-electron chi connectivity index (χ4n) is 14.9. The van der Waals surface area contributed by atoms with Crippen LogP contribution < -0.4 is 20.6 Å². The molecule has 0 amide bonds. The van der Waals surface area contributed by atoms with E-state index in [-0.39, 0.29) is 44.9 Å². The second-order valence-corrected chi connectivity index (χ2v) is 27.9. The molecule has 3 aliphatic heterocycles. The third-order valence-corrected chi connectivity index (χ3v) is 20.6. The van der Waals surface area contributed by atoms with Crippen LogP contribution in [0.5, 0.6) is 0 Å². The number of fused-ring (bicyclic) bond motifs is 15. The van der Waals surface area contributed by atoms with Crippen LogP contribution in [0.3, 0.4) is 0 Å². The minimum atomic E-state index is -0.154. The van der Waals surface area contributed by atoms with Crippen LogP contribution in [0.2, 0.25) is 0 Å². The van der Waals surface area contributed by atoms with E-state index in [1.165, 1.54) is 154 Å². The fourth-order valence-corrected chi connectivity index (χ4v) is 16.0. The molecular formula is C64H71BN2S. The quantitative estimate of drug-likeness (QED) is 0.151. The zero-order valence-electron chi connectivity index (χ0n) is 43.7. The first kappa shape index (κ1) is 43.2. The van der Waals surface area contributed by atoms with Crippen molar-refractivity contribution in [1.82, 2.24) is 0 Å². The van der Waals surface area contributed by atoms with Crippen LogP contribution in [-0.2, 0) is 32.5 Å². The van der Waals surface area contributed by atoms with Crippen LogP contribution in [-0.4, -0.2) is 12.4 Å². The van der Waals surface area contributed by atoms with E-state index in [0.29, 0.717) is 0 Å². The zero-order chi connectivity index (χ0) is 47.8. The van der Waals surface area contributed by atoms with E-state index in [4.69, 9.17) is 0 Å². The summed E-state index contributed by atoms with van der Waals surface area (Å²) in [6, 6.07) is 35.5. The first-order valence-corrected chi connectivity index (χ1v) is 26.9. The number of anilines is 4. The molecule has 6 aliphatic rings. The van der Waals surface area contributed by atoms with Crippen molar-refractivity contribution in [2.45, 2.75) is 180 Å². The van der Waals surface area contributed by atoms with Crippen LogP contribution >= 0.6 is 11.3 Å². The second kappa shape index (κ2) is 13.1. The molecule has 346 valence electrons. The summed E-state index contributed by atoms with van der Waals surface area (Å²) < 4.78 is 2.75. The second-order valence-electron chi connectivity index (χ2n) is 26.8. The molecule has 4 heteroatoms. The summed E-state index contributed by atoms with van der Waals surface area (Å²) in [5.74, 6) is 0. The summed E-state index contributed by atoms with van der Waals surface area (Å²) in [4.78, 5) is 5.92. The van der Waals surface area contributed by atoms with E-state index in [9.17, 15) is 0 Å². The molecule has 2 atom stereocenters. The van der Waals surface area contributed by atoms with Crippen molar-refractivity contribution in [3.8, 4) is 22.3 Å². The molecule has 1 saturated carbocycles. The first-order valence-electron chi connectivity index (χ1n) is 26.1. The Hall–Kier alpha value is -4.80. The van der Waals surface area contributed by atoms with Gasteiger partial charge >= 0.3 is 6.85 Å². The molecule has 68 heavy (non-hydrogen) atoms. The summed E-state index contributed by atoms with van der Waals surface area (Å²) in [6.07, 6.45) is 7.33. The lowest BCUT2D eigenvalue weighted by atomic mass is 9.42. The van der Waals surface area contributed by atoms with Crippen molar-refractivity contribution >= 4 is 72.0 Å². The van der Waals surface area contributed by atoms with Crippen LogP contribution in [0.15, 0.2) is 84.9 Å². The molecule has 1 fully saturated rings. The van der Waals surface area contributed by atoms with Crippen LogP contribution in [0.25, 0.3) is 42.4 Å². The number of hydrogen-bond donors (Lipinski definition) is 0. The van der Waals surface area contributed by atoms with Crippen molar-refractivity contribution in [1.29, 1.82) is 0 Å². The van der Waals surface area contributed by atoms with Gasteiger partial charge in [0.15, 0.2) is 0 Å². The SMILES string of the molecule is Cc1cc2c(cc1N1B3c4cc(C(C)(C)C)cc5c4N(c4c3c(cc3c4-c4ccccc4C3(C)C)-c3cc4sc6ccc(C(C)(C)C)cc6c4cc31)C1(C)CCCCC51C)C(C)(C)CCC2(C)C. The van der Waals surface area contributed by atoms with E-state index in [1.807, 2.05) is 11.3 Å². The van der Waals surface area contributed by atoms with Gasteiger partial charge in [0.1, 0.15) is 0 Å². The fraction of sp³-hybridized carbons (Fsp3) is 0.438. The summed E-state index contributed by atoms with van der Waals surface area (Å²) in [6.45, 7) is 37.1. The van der Waals surface area contributed by atoms with Crippen LogP contribution in [0, 0.1) is 6.92 Å². The maximum absolute atomic E-state index is 3.01. The molecule has 0 bridgehead atoms. The summed E-state index contributed by atoms with van der Waals surface area (Å²) >= 11 is 1.98. The number of aryl methyl sites for hydroxylation is 1. The number of thiophene rings is 1. The summed E-state index contributed by atoms with van der Waals surface area (Å²) in [5, 5.41) is 2.77. The van der Waals surface area contributed by atoms with Gasteiger partial charge in [-0.25, -0.2) is 0 Å². The van der Waals surface area contributed by atoms with Gasteiger partial charge < -0.3 is 9.71 Å². The van der Waals surface area contributed by atoms with Gasteiger partial charge in [0.25, 0.3) is 0 Å². The zero-order valence-corrected chi connectivity index (χ0v) is 44.5. The lowest BCUT2D eigenvalue weighted by Crippen LogP contribution is -2.65. The number of rotatable bonds is 1. The number of nitrogens with zero attached hydrogens (tertiary/aromatic N) is 2. The van der Waals surface area contributed by atoms with Crippen molar-refractivity contribution in [3.05, 3.63) is 129 Å². The average molecular weight is 911 g/mol. The Balaban J connectivity index is 1.24. The molecular weight excluding hydrogens is 840 g/mol. The Labute approximate surface area is 411 Å². The molecule has 4 heterocycles. The van der Waals surface area contributed by atoms with Crippen molar-refractivity contribution in [2.24, 2.45) is 0 Å². The maximum atomic E-state index is 3.01. The van der Waals surface area contributed by atoms with Gasteiger partial charge in [-0.3, -0.25) is 0 Å². The molecule has 2 nitrogen and oxygen atoms in total. The topological polar surface area (TPSA) is 6.48 Å². The van der Waals surface area contributed by atoms with Crippen LogP contribution in [0.4, 0.5) is 22.7 Å². The normalized spacial score (nSPS) is 23.2. The molecule has 0 N–H and O–H groups in total. The van der Waals surface area contributed by atoms with E-state index < -0.39 is 0 Å². The van der Waals surface area contributed by atoms with Gasteiger partial charge in [0.2, 0.25) is 0 Å². The third-order valence-electron chi connectivity index (χ3n) is 19.5. The number of benzene rings is 6. The Morgan fingerprint density at radius 1 is 0.544 bits per heavy atom. The van der Waals surface area contributed by atoms with E-state index >= 15 is 0 Å². The predicted octanol–water partition coefficient (Wildman–Crippen LogP) is 16.6. The highest BCUT2D eigenvalue weighted by molar-refractivity contribution is 7.25. The molecule has 1 aromatic heterocycles. The molecule has 13 rings (SSSR count). The van der Waals surface area contributed by atoms with Crippen LogP contribution in [0.1, 0.15) is 180 Å². The van der Waals surface area contributed by atoms with Gasteiger partial charge in [0.05, 0.1) is 5.54 Å². The molecule has 0 radical (unpaired) electrons. The summed E-state index contributed by atoms with van der Waals surface area (Å²) in [5.41, 5.74) is 26.2. The smallest absolute Gasteiger partial charge is 0.333 e. The maximum Gasteiger partial charge on any atom is 0.333 e. The lowest BCUT2D eigenvalue weighted by molar-refractivity contribution is 0.195. The Morgan fingerprint density at radius 2 is 1.22 bits per heavy atom. The van der Waals surface area contributed by atoms with E-state index in [2.05, 4.69) is 198 Å². The van der Waals surface area contributed by atoms with Gasteiger partial charge in [-0.05, 0) is 164 Å². The van der Waals surface area contributed by atoms with Gasteiger partial charge in [-0.2, -0.15) is 0 Å². The van der Waals surface area contributed by atoms with Crippen molar-refractivity contribution in [2.75, 3.05) is 9.71 Å². The molecule has 7 aromatic rings. The Bertz CT molecular complexity index is 3420. The number of hydrogen-bond acceptors (Lipinski definition) is 3. The Morgan fingerprint density at radius 3 is 1.94 bits per heavy atom. The highest BCUT2D eigenvalue weighted by Crippen LogP contribution is 2.66. The lowest BCUT2D eigenvalue weighted by Gasteiger charge is -2.54. The highest BCUT2D eigenvalue weighted by Gasteiger charge is 2.63. The van der Waals surface area contributed by atoms with E-state index in [1.54, 1.807) is 5.56 Å². The molecule has 2 unspecified atom stereocenters. The first-order chi connectivity index (χ1) is 31.9. The predicted molar refractivity (Wildman–Crippen MR) is 296 cm³/mol.